The summed E-state index contributed by atoms with van der Waals surface area (Å²) >= 11 is 0. The van der Waals surface area contributed by atoms with Gasteiger partial charge in [0.2, 0.25) is 0 Å². The van der Waals surface area contributed by atoms with Gasteiger partial charge in [0.1, 0.15) is 0 Å². The maximum Gasteiger partial charge on any atom is 0.251 e. The van der Waals surface area contributed by atoms with Crippen molar-refractivity contribution in [3.05, 3.63) is 102 Å². The highest BCUT2D eigenvalue weighted by molar-refractivity contribution is 5.94. The first-order valence-electron chi connectivity index (χ1n) is 10.2. The first kappa shape index (κ1) is 21.7. The number of pyridine rings is 1. The Morgan fingerprint density at radius 3 is 2.20 bits per heavy atom. The molecule has 0 saturated heterocycles. The molecule has 2 atom stereocenters. The normalized spacial score (nSPS) is 13.4. The van der Waals surface area contributed by atoms with Crippen molar-refractivity contribution < 1.29 is 9.90 Å². The van der Waals surface area contributed by atoms with Crippen LogP contribution in [0.3, 0.4) is 0 Å². The van der Waals surface area contributed by atoms with Crippen LogP contribution in [0.15, 0.2) is 85.2 Å². The minimum Gasteiger partial charge on any atom is -0.390 e. The summed E-state index contributed by atoms with van der Waals surface area (Å²) in [6, 6.07) is 22.9. The fourth-order valence-corrected chi connectivity index (χ4v) is 3.37. The van der Waals surface area contributed by atoms with Gasteiger partial charge in [0, 0.05) is 30.0 Å². The van der Waals surface area contributed by atoms with E-state index in [2.05, 4.69) is 41.6 Å². The molecule has 3 rings (SSSR count). The highest BCUT2D eigenvalue weighted by Gasteiger charge is 2.26. The van der Waals surface area contributed by atoms with Crippen LogP contribution >= 0.6 is 0 Å². The molecule has 0 radical (unpaired) electrons. The van der Waals surface area contributed by atoms with E-state index in [4.69, 9.17) is 0 Å². The second kappa shape index (κ2) is 10.1. The maximum absolute atomic E-state index is 12.7. The van der Waals surface area contributed by atoms with Gasteiger partial charge in [-0.25, -0.2) is 0 Å². The zero-order valence-corrected chi connectivity index (χ0v) is 17.5. The van der Waals surface area contributed by atoms with Crippen molar-refractivity contribution in [3.63, 3.8) is 0 Å². The molecule has 1 amide bonds. The first-order chi connectivity index (χ1) is 14.5. The summed E-state index contributed by atoms with van der Waals surface area (Å²) in [7, 11) is 0. The highest BCUT2D eigenvalue weighted by atomic mass is 16.3. The van der Waals surface area contributed by atoms with Crippen LogP contribution < -0.4 is 10.6 Å². The second-order valence-electron chi connectivity index (χ2n) is 7.94. The summed E-state index contributed by atoms with van der Waals surface area (Å²) < 4.78 is 0. The highest BCUT2D eigenvalue weighted by Crippen LogP contribution is 2.19. The molecule has 156 valence electrons. The number of hydrogen-bond acceptors (Lipinski definition) is 4. The van der Waals surface area contributed by atoms with E-state index in [1.54, 1.807) is 24.5 Å². The molecule has 2 aromatic carbocycles. The SMILES string of the molecule is CC(C)(NC[C@@H](O)[C@H](Cc1ccccc1)NC(=O)c1ccncc1)c1ccccc1. The Labute approximate surface area is 178 Å². The van der Waals surface area contributed by atoms with E-state index < -0.39 is 12.1 Å². The number of carbonyl (C=O) groups is 1. The zero-order valence-electron chi connectivity index (χ0n) is 17.5. The fraction of sp³-hybridized carbons (Fsp3) is 0.280. The average Bonchev–Trinajstić information content (AvgIpc) is 2.79. The van der Waals surface area contributed by atoms with Crippen LogP contribution in [0.4, 0.5) is 0 Å². The standard InChI is InChI=1S/C25H29N3O2/c1-25(2,21-11-7-4-8-12-21)27-18-23(29)22(17-19-9-5-3-6-10-19)28-24(30)20-13-15-26-16-14-20/h3-16,22-23,27,29H,17-18H2,1-2H3,(H,28,30)/t22-,23+/m0/s1. The third-order valence-electron chi connectivity index (χ3n) is 5.27. The van der Waals surface area contributed by atoms with E-state index in [1.807, 2.05) is 48.5 Å². The predicted octanol–water partition coefficient (Wildman–Crippen LogP) is 3.31. The Balaban J connectivity index is 1.71. The third kappa shape index (κ3) is 5.99. The van der Waals surface area contributed by atoms with Gasteiger partial charge >= 0.3 is 0 Å². The Bertz CT molecular complexity index is 915. The lowest BCUT2D eigenvalue weighted by Crippen LogP contribution is -2.51. The van der Waals surface area contributed by atoms with Crippen molar-refractivity contribution in [2.45, 2.75) is 38.0 Å². The van der Waals surface area contributed by atoms with Crippen molar-refractivity contribution in [1.82, 2.24) is 15.6 Å². The Kier molecular flexibility index (Phi) is 7.33. The molecule has 30 heavy (non-hydrogen) atoms. The number of carbonyl (C=O) groups excluding carboxylic acids is 1. The molecule has 1 heterocycles. The molecule has 0 fully saturated rings. The number of rotatable bonds is 9. The van der Waals surface area contributed by atoms with Crippen molar-refractivity contribution >= 4 is 5.91 Å². The van der Waals surface area contributed by atoms with E-state index in [-0.39, 0.29) is 11.4 Å². The van der Waals surface area contributed by atoms with Crippen molar-refractivity contribution in [2.24, 2.45) is 0 Å². The van der Waals surface area contributed by atoms with Crippen LogP contribution in [0.2, 0.25) is 0 Å². The van der Waals surface area contributed by atoms with Gasteiger partial charge in [-0.05, 0) is 43.5 Å². The maximum atomic E-state index is 12.7. The molecule has 0 spiro atoms. The number of amides is 1. The number of aliphatic hydroxyl groups is 1. The van der Waals surface area contributed by atoms with Crippen LogP contribution in [0.25, 0.3) is 0 Å². The van der Waals surface area contributed by atoms with Gasteiger partial charge in [0.25, 0.3) is 5.91 Å². The van der Waals surface area contributed by atoms with E-state index in [1.165, 1.54) is 0 Å². The van der Waals surface area contributed by atoms with E-state index in [9.17, 15) is 9.90 Å². The van der Waals surface area contributed by atoms with Gasteiger partial charge in [-0.3, -0.25) is 9.78 Å². The molecule has 0 aliphatic carbocycles. The smallest absolute Gasteiger partial charge is 0.251 e. The second-order valence-corrected chi connectivity index (χ2v) is 7.94. The van der Waals surface area contributed by atoms with Crippen LogP contribution in [-0.4, -0.2) is 34.7 Å². The molecule has 5 heteroatoms. The monoisotopic (exact) mass is 403 g/mol. The van der Waals surface area contributed by atoms with Crippen LogP contribution in [0.5, 0.6) is 0 Å². The molecule has 0 bridgehead atoms. The van der Waals surface area contributed by atoms with Crippen molar-refractivity contribution in [1.29, 1.82) is 0 Å². The predicted molar refractivity (Wildman–Crippen MR) is 119 cm³/mol. The number of nitrogens with zero attached hydrogens (tertiary/aromatic N) is 1. The summed E-state index contributed by atoms with van der Waals surface area (Å²) in [5.74, 6) is -0.222. The van der Waals surface area contributed by atoms with Crippen LogP contribution in [-0.2, 0) is 12.0 Å². The average molecular weight is 404 g/mol. The summed E-state index contributed by atoms with van der Waals surface area (Å²) in [6.45, 7) is 4.50. The van der Waals surface area contributed by atoms with Gasteiger partial charge in [0.05, 0.1) is 12.1 Å². The number of nitrogens with one attached hydrogen (secondary N) is 2. The Morgan fingerprint density at radius 2 is 1.57 bits per heavy atom. The van der Waals surface area contributed by atoms with E-state index in [0.717, 1.165) is 11.1 Å². The molecule has 0 aliphatic rings. The molecule has 0 saturated carbocycles. The van der Waals surface area contributed by atoms with E-state index >= 15 is 0 Å². The Hall–Kier alpha value is -3.02. The topological polar surface area (TPSA) is 74.2 Å². The van der Waals surface area contributed by atoms with Gasteiger partial charge in [0.15, 0.2) is 0 Å². The molecule has 3 aromatic rings. The molecule has 0 unspecified atom stereocenters. The van der Waals surface area contributed by atoms with Crippen molar-refractivity contribution in [3.8, 4) is 0 Å². The third-order valence-corrected chi connectivity index (χ3v) is 5.27. The minimum absolute atomic E-state index is 0.222. The minimum atomic E-state index is -0.765. The molecular weight excluding hydrogens is 374 g/mol. The fourth-order valence-electron chi connectivity index (χ4n) is 3.37. The van der Waals surface area contributed by atoms with E-state index in [0.29, 0.717) is 18.5 Å². The largest absolute Gasteiger partial charge is 0.390 e. The van der Waals surface area contributed by atoms with Gasteiger partial charge < -0.3 is 15.7 Å². The number of aliphatic hydroxyl groups excluding tert-OH is 1. The zero-order chi connectivity index (χ0) is 21.4. The number of hydrogen-bond donors (Lipinski definition) is 3. The van der Waals surface area contributed by atoms with Gasteiger partial charge in [-0.2, -0.15) is 0 Å². The lowest BCUT2D eigenvalue weighted by atomic mass is 9.93. The first-order valence-corrected chi connectivity index (χ1v) is 10.2. The van der Waals surface area contributed by atoms with Crippen molar-refractivity contribution in [2.75, 3.05) is 6.54 Å². The summed E-state index contributed by atoms with van der Waals surface area (Å²) in [4.78, 5) is 16.7. The lowest BCUT2D eigenvalue weighted by molar-refractivity contribution is 0.0813. The number of aromatic nitrogens is 1. The number of benzene rings is 2. The lowest BCUT2D eigenvalue weighted by Gasteiger charge is -2.31. The summed E-state index contributed by atoms with van der Waals surface area (Å²) in [5.41, 5.74) is 2.40. The quantitative estimate of drug-likeness (QED) is 0.512. The van der Waals surface area contributed by atoms with Crippen LogP contribution in [0, 0.1) is 0 Å². The molecular formula is C25H29N3O2. The van der Waals surface area contributed by atoms with Crippen LogP contribution in [0.1, 0.15) is 35.3 Å². The molecule has 3 N–H and O–H groups in total. The Morgan fingerprint density at radius 1 is 0.967 bits per heavy atom. The van der Waals surface area contributed by atoms with Gasteiger partial charge in [-0.1, -0.05) is 60.7 Å². The van der Waals surface area contributed by atoms with Gasteiger partial charge in [-0.15, -0.1) is 0 Å². The summed E-state index contributed by atoms with van der Waals surface area (Å²) in [6.07, 6.45) is 2.94. The molecule has 1 aromatic heterocycles. The molecule has 5 nitrogen and oxygen atoms in total. The summed E-state index contributed by atoms with van der Waals surface area (Å²) in [5, 5.41) is 17.4. The molecule has 0 aliphatic heterocycles.